The molecule has 5 nitrogen and oxygen atoms in total. The predicted molar refractivity (Wildman–Crippen MR) is 110 cm³/mol. The van der Waals surface area contributed by atoms with Crippen LogP contribution in [-0.2, 0) is 11.2 Å². The van der Waals surface area contributed by atoms with Crippen molar-refractivity contribution in [1.29, 1.82) is 0 Å². The summed E-state index contributed by atoms with van der Waals surface area (Å²) in [7, 11) is 0. The smallest absolute Gasteiger partial charge is 0.251 e. The van der Waals surface area contributed by atoms with Crippen molar-refractivity contribution >= 4 is 29.1 Å². The average molecular weight is 416 g/mol. The zero-order chi connectivity index (χ0) is 20.4. The van der Waals surface area contributed by atoms with Crippen LogP contribution in [0.2, 0.25) is 0 Å². The van der Waals surface area contributed by atoms with Crippen molar-refractivity contribution < 1.29 is 14.0 Å². The van der Waals surface area contributed by atoms with E-state index in [-0.39, 0.29) is 23.4 Å². The molecule has 2 aromatic carbocycles. The van der Waals surface area contributed by atoms with Crippen LogP contribution in [-0.4, -0.2) is 35.8 Å². The van der Waals surface area contributed by atoms with Crippen molar-refractivity contribution in [3.8, 4) is 0 Å². The number of piperidine rings is 1. The number of likely N-dealkylation sites (tertiary alicyclic amines) is 1. The fraction of sp³-hybridized carbons (Fsp3) is 0.364. The van der Waals surface area contributed by atoms with Crippen LogP contribution in [0.4, 0.5) is 10.1 Å². The van der Waals surface area contributed by atoms with Gasteiger partial charge in [0.15, 0.2) is 0 Å². The molecule has 0 bridgehead atoms. The fourth-order valence-corrected chi connectivity index (χ4v) is 4.25. The van der Waals surface area contributed by atoms with Gasteiger partial charge in [0, 0.05) is 36.8 Å². The van der Waals surface area contributed by atoms with Crippen molar-refractivity contribution in [3.63, 3.8) is 0 Å². The lowest BCUT2D eigenvalue weighted by Crippen LogP contribution is -2.45. The van der Waals surface area contributed by atoms with Gasteiger partial charge in [-0.3, -0.25) is 14.5 Å². The van der Waals surface area contributed by atoms with E-state index < -0.39 is 5.82 Å². The maximum absolute atomic E-state index is 13.3. The number of amides is 2. The molecule has 1 fully saturated rings. The van der Waals surface area contributed by atoms with Crippen LogP contribution in [0.3, 0.4) is 0 Å². The van der Waals surface area contributed by atoms with Gasteiger partial charge in [0.1, 0.15) is 11.3 Å². The number of carbonyl (C=O) groups is 2. The topological polar surface area (TPSA) is 61.4 Å². The minimum Gasteiger partial charge on any atom is -0.349 e. The van der Waals surface area contributed by atoms with Crippen molar-refractivity contribution in [2.24, 2.45) is 0 Å². The highest BCUT2D eigenvalue weighted by Crippen LogP contribution is 2.32. The molecule has 0 aliphatic carbocycles. The normalized spacial score (nSPS) is 18.6. The largest absolute Gasteiger partial charge is 0.349 e. The third kappa shape index (κ3) is 4.60. The number of nitrogens with one attached hydrogen (secondary N) is 2. The zero-order valence-corrected chi connectivity index (χ0v) is 16.7. The Bertz CT molecular complexity index is 928. The minimum absolute atomic E-state index is 0.0358. The number of nitrogens with zero attached hydrogens (tertiary/aromatic N) is 1. The average Bonchev–Trinajstić information content (AvgIpc) is 2.73. The first-order valence-corrected chi connectivity index (χ1v) is 10.3. The number of carbonyl (C=O) groups excluding carboxylic acids is 2. The van der Waals surface area contributed by atoms with Crippen LogP contribution in [0.5, 0.6) is 0 Å². The van der Waals surface area contributed by atoms with E-state index in [1.165, 1.54) is 18.2 Å². The van der Waals surface area contributed by atoms with Gasteiger partial charge >= 0.3 is 0 Å². The van der Waals surface area contributed by atoms with Gasteiger partial charge in [-0.05, 0) is 54.7 Å². The SMILES string of the molecule is O=C1CCc2ccc(C(Cl)N3CCC(NC(=O)c4cccc(F)c4)CC3)cc2N1. The Hall–Kier alpha value is -2.44. The summed E-state index contributed by atoms with van der Waals surface area (Å²) in [6, 6.07) is 11.8. The second kappa shape index (κ2) is 8.51. The van der Waals surface area contributed by atoms with Gasteiger partial charge in [-0.2, -0.15) is 0 Å². The Kier molecular flexibility index (Phi) is 5.83. The van der Waals surface area contributed by atoms with Gasteiger partial charge in [-0.1, -0.05) is 18.2 Å². The number of fused-ring (bicyclic) bond motifs is 1. The molecule has 29 heavy (non-hydrogen) atoms. The lowest BCUT2D eigenvalue weighted by atomic mass is 9.99. The van der Waals surface area contributed by atoms with Crippen LogP contribution in [0, 0.1) is 5.82 Å². The molecule has 0 spiro atoms. The molecule has 2 aromatic rings. The van der Waals surface area contributed by atoms with E-state index in [9.17, 15) is 14.0 Å². The van der Waals surface area contributed by atoms with E-state index in [0.29, 0.717) is 12.0 Å². The molecule has 2 amide bonds. The highest BCUT2D eigenvalue weighted by atomic mass is 35.5. The number of alkyl halides is 1. The number of anilines is 1. The van der Waals surface area contributed by atoms with Gasteiger partial charge in [0.2, 0.25) is 5.91 Å². The number of halogens is 2. The van der Waals surface area contributed by atoms with E-state index >= 15 is 0 Å². The summed E-state index contributed by atoms with van der Waals surface area (Å²) in [5, 5.41) is 5.90. The third-order valence-electron chi connectivity index (χ3n) is 5.58. The minimum atomic E-state index is -0.418. The molecule has 1 unspecified atom stereocenters. The van der Waals surface area contributed by atoms with Crippen molar-refractivity contribution in [2.75, 3.05) is 18.4 Å². The zero-order valence-electron chi connectivity index (χ0n) is 16.0. The van der Waals surface area contributed by atoms with Gasteiger partial charge in [-0.25, -0.2) is 4.39 Å². The molecular weight excluding hydrogens is 393 g/mol. The van der Waals surface area contributed by atoms with E-state index in [0.717, 1.165) is 49.2 Å². The number of benzene rings is 2. The van der Waals surface area contributed by atoms with Crippen LogP contribution in [0.1, 0.15) is 46.2 Å². The summed E-state index contributed by atoms with van der Waals surface area (Å²) in [6.07, 6.45) is 2.81. The predicted octanol–water partition coefficient (Wildman–Crippen LogP) is 3.84. The summed E-state index contributed by atoms with van der Waals surface area (Å²) in [6.45, 7) is 1.48. The summed E-state index contributed by atoms with van der Waals surface area (Å²) in [4.78, 5) is 26.1. The first-order valence-electron chi connectivity index (χ1n) is 9.87. The van der Waals surface area contributed by atoms with E-state index in [2.05, 4.69) is 15.5 Å². The van der Waals surface area contributed by atoms with Gasteiger partial charge in [-0.15, -0.1) is 11.6 Å². The van der Waals surface area contributed by atoms with Gasteiger partial charge in [0.25, 0.3) is 5.91 Å². The molecule has 1 saturated heterocycles. The van der Waals surface area contributed by atoms with Gasteiger partial charge < -0.3 is 10.6 Å². The highest BCUT2D eigenvalue weighted by Gasteiger charge is 2.27. The fourth-order valence-electron chi connectivity index (χ4n) is 3.92. The Morgan fingerprint density at radius 1 is 1.17 bits per heavy atom. The molecular formula is C22H23ClFN3O2. The van der Waals surface area contributed by atoms with Crippen LogP contribution < -0.4 is 10.6 Å². The molecule has 152 valence electrons. The quantitative estimate of drug-likeness (QED) is 0.589. The lowest BCUT2D eigenvalue weighted by Gasteiger charge is -2.35. The summed E-state index contributed by atoms with van der Waals surface area (Å²) >= 11 is 6.71. The molecule has 7 heteroatoms. The molecule has 2 aliphatic rings. The summed E-state index contributed by atoms with van der Waals surface area (Å²) in [5.41, 5.74) is 2.98. The van der Waals surface area contributed by atoms with Crippen molar-refractivity contribution in [2.45, 2.75) is 37.2 Å². The first-order chi connectivity index (χ1) is 14.0. The molecule has 0 radical (unpaired) electrons. The second-order valence-electron chi connectivity index (χ2n) is 7.59. The Labute approximate surface area is 174 Å². The Balaban J connectivity index is 1.34. The standard InChI is InChI=1S/C22H23ClFN3O2/c23-21(15-5-4-14-6-7-20(28)26-19(14)13-15)27-10-8-18(9-11-27)25-22(29)16-2-1-3-17(24)12-16/h1-5,12-13,18,21H,6-11H2,(H,25,29)(H,26,28). The Morgan fingerprint density at radius 3 is 2.72 bits per heavy atom. The van der Waals surface area contributed by atoms with Crippen molar-refractivity contribution in [1.82, 2.24) is 10.2 Å². The summed E-state index contributed by atoms with van der Waals surface area (Å²) in [5.74, 6) is -0.634. The van der Waals surface area contributed by atoms with E-state index in [1.54, 1.807) is 6.07 Å². The maximum atomic E-state index is 13.3. The van der Waals surface area contributed by atoms with Crippen molar-refractivity contribution in [3.05, 3.63) is 65.0 Å². The van der Waals surface area contributed by atoms with E-state index in [4.69, 9.17) is 11.6 Å². The molecule has 2 aliphatic heterocycles. The number of aryl methyl sites for hydroxylation is 1. The maximum Gasteiger partial charge on any atom is 0.251 e. The van der Waals surface area contributed by atoms with Crippen LogP contribution in [0.15, 0.2) is 42.5 Å². The Morgan fingerprint density at radius 2 is 1.97 bits per heavy atom. The first kappa shape index (κ1) is 19.9. The van der Waals surface area contributed by atoms with E-state index in [1.807, 2.05) is 18.2 Å². The van der Waals surface area contributed by atoms with Gasteiger partial charge in [0.05, 0.1) is 0 Å². The molecule has 0 aromatic heterocycles. The molecule has 2 N–H and O–H groups in total. The number of hydrogen-bond donors (Lipinski definition) is 2. The molecule has 0 saturated carbocycles. The second-order valence-corrected chi connectivity index (χ2v) is 8.01. The van der Waals surface area contributed by atoms with Crippen LogP contribution in [0.25, 0.3) is 0 Å². The lowest BCUT2D eigenvalue weighted by molar-refractivity contribution is -0.116. The number of hydrogen-bond acceptors (Lipinski definition) is 3. The van der Waals surface area contributed by atoms with Crippen LogP contribution >= 0.6 is 11.6 Å². The molecule has 1 atom stereocenters. The molecule has 4 rings (SSSR count). The summed E-state index contributed by atoms with van der Waals surface area (Å²) < 4.78 is 13.3. The third-order valence-corrected chi connectivity index (χ3v) is 6.10. The highest BCUT2D eigenvalue weighted by molar-refractivity contribution is 6.20. The monoisotopic (exact) mass is 415 g/mol. The molecule has 2 heterocycles. The number of rotatable bonds is 4.